The molecule has 1 heterocycles. The van der Waals surface area contributed by atoms with Crippen molar-refractivity contribution in [2.45, 2.75) is 46.6 Å². The van der Waals surface area contributed by atoms with E-state index in [4.69, 9.17) is 5.84 Å². The Balaban J connectivity index is 2.57. The predicted octanol–water partition coefficient (Wildman–Crippen LogP) is 3.39. The summed E-state index contributed by atoms with van der Waals surface area (Å²) < 4.78 is 0. The van der Waals surface area contributed by atoms with E-state index in [0.717, 1.165) is 6.42 Å². The summed E-state index contributed by atoms with van der Waals surface area (Å²) >= 11 is 1.83. The van der Waals surface area contributed by atoms with Gasteiger partial charge in [-0.2, -0.15) is 0 Å². The maximum atomic E-state index is 5.60. The lowest BCUT2D eigenvalue weighted by atomic mass is 9.88. The van der Waals surface area contributed by atoms with Gasteiger partial charge < -0.3 is 0 Å². The molecule has 1 unspecified atom stereocenters. The molecule has 3 N–H and O–H groups in total. The van der Waals surface area contributed by atoms with Gasteiger partial charge in [0.25, 0.3) is 0 Å². The van der Waals surface area contributed by atoms with Gasteiger partial charge in [0.1, 0.15) is 0 Å². The molecule has 0 aliphatic rings. The maximum Gasteiger partial charge on any atom is 0.0553 e. The van der Waals surface area contributed by atoms with Crippen LogP contribution in [0.4, 0.5) is 0 Å². The van der Waals surface area contributed by atoms with Crippen molar-refractivity contribution in [3.63, 3.8) is 0 Å². The van der Waals surface area contributed by atoms with Crippen LogP contribution in [0, 0.1) is 12.3 Å². The topological polar surface area (TPSA) is 38.0 Å². The van der Waals surface area contributed by atoms with Crippen LogP contribution in [0.5, 0.6) is 0 Å². The second-order valence-electron chi connectivity index (χ2n) is 5.27. The van der Waals surface area contributed by atoms with Crippen molar-refractivity contribution >= 4 is 11.3 Å². The fraction of sp³-hybridized carbons (Fsp3) is 0.667. The standard InChI is InChI=1S/C12H22N2S/c1-9-5-6-11(15-9)10(14-13)7-8-12(2,3)4/h5-6,10,14H,7-8,13H2,1-4H3. The number of hydrogen-bond acceptors (Lipinski definition) is 3. The van der Waals surface area contributed by atoms with Crippen molar-refractivity contribution in [1.29, 1.82) is 0 Å². The summed E-state index contributed by atoms with van der Waals surface area (Å²) in [7, 11) is 0. The van der Waals surface area contributed by atoms with Crippen molar-refractivity contribution in [3.8, 4) is 0 Å². The smallest absolute Gasteiger partial charge is 0.0553 e. The minimum absolute atomic E-state index is 0.308. The lowest BCUT2D eigenvalue weighted by Crippen LogP contribution is -2.28. The van der Waals surface area contributed by atoms with Crippen molar-refractivity contribution in [2.75, 3.05) is 0 Å². The van der Waals surface area contributed by atoms with E-state index in [-0.39, 0.29) is 0 Å². The van der Waals surface area contributed by atoms with Gasteiger partial charge in [0.05, 0.1) is 6.04 Å². The summed E-state index contributed by atoms with van der Waals surface area (Å²) in [6, 6.07) is 4.64. The summed E-state index contributed by atoms with van der Waals surface area (Å²) in [6.07, 6.45) is 2.28. The molecule has 0 saturated heterocycles. The Morgan fingerprint density at radius 3 is 2.47 bits per heavy atom. The number of aryl methyl sites for hydroxylation is 1. The van der Waals surface area contributed by atoms with Crippen LogP contribution < -0.4 is 11.3 Å². The van der Waals surface area contributed by atoms with Gasteiger partial charge in [0.2, 0.25) is 0 Å². The Bertz CT molecular complexity index is 299. The van der Waals surface area contributed by atoms with E-state index in [9.17, 15) is 0 Å². The molecule has 1 aromatic rings. The highest BCUT2D eigenvalue weighted by Crippen LogP contribution is 2.30. The van der Waals surface area contributed by atoms with Crippen molar-refractivity contribution in [2.24, 2.45) is 11.3 Å². The lowest BCUT2D eigenvalue weighted by Gasteiger charge is -2.22. The zero-order valence-corrected chi connectivity index (χ0v) is 10.9. The van der Waals surface area contributed by atoms with E-state index < -0.39 is 0 Å². The molecule has 0 spiro atoms. The van der Waals surface area contributed by atoms with Gasteiger partial charge in [-0.25, -0.2) is 0 Å². The van der Waals surface area contributed by atoms with E-state index in [0.29, 0.717) is 11.5 Å². The third kappa shape index (κ3) is 4.33. The molecule has 1 atom stereocenters. The Kier molecular flexibility index (Phi) is 4.32. The second kappa shape index (κ2) is 5.10. The first-order valence-electron chi connectivity index (χ1n) is 5.45. The average molecular weight is 226 g/mol. The number of nitrogens with one attached hydrogen (secondary N) is 1. The molecular formula is C12H22N2S. The molecule has 3 heteroatoms. The first kappa shape index (κ1) is 12.7. The first-order chi connectivity index (χ1) is 6.92. The Labute approximate surface area is 96.9 Å². The normalized spacial score (nSPS) is 14.2. The molecule has 0 aromatic carbocycles. The summed E-state index contributed by atoms with van der Waals surface area (Å²) in [5.74, 6) is 5.60. The van der Waals surface area contributed by atoms with E-state index >= 15 is 0 Å². The van der Waals surface area contributed by atoms with E-state index in [1.165, 1.54) is 16.2 Å². The van der Waals surface area contributed by atoms with Crippen LogP contribution in [0.25, 0.3) is 0 Å². The van der Waals surface area contributed by atoms with Crippen molar-refractivity contribution < 1.29 is 0 Å². The van der Waals surface area contributed by atoms with Gasteiger partial charge in [-0.05, 0) is 37.3 Å². The fourth-order valence-electron chi connectivity index (χ4n) is 1.53. The second-order valence-corrected chi connectivity index (χ2v) is 6.59. The molecule has 1 rings (SSSR count). The highest BCUT2D eigenvalue weighted by Gasteiger charge is 2.16. The molecule has 2 nitrogen and oxygen atoms in total. The SMILES string of the molecule is Cc1ccc(C(CCC(C)(C)C)NN)s1. The number of hydrogen-bond donors (Lipinski definition) is 2. The third-order valence-corrected chi connectivity index (χ3v) is 3.60. The van der Waals surface area contributed by atoms with E-state index in [2.05, 4.69) is 45.3 Å². The third-order valence-electron chi connectivity index (χ3n) is 2.49. The van der Waals surface area contributed by atoms with Gasteiger partial charge in [0.15, 0.2) is 0 Å². The average Bonchev–Trinajstić information content (AvgIpc) is 2.51. The van der Waals surface area contributed by atoms with Crippen LogP contribution in [0.15, 0.2) is 12.1 Å². The molecule has 0 aliphatic carbocycles. The van der Waals surface area contributed by atoms with Crippen molar-refractivity contribution in [1.82, 2.24) is 5.43 Å². The number of rotatable bonds is 4. The largest absolute Gasteiger partial charge is 0.271 e. The molecule has 0 amide bonds. The molecule has 0 saturated carbocycles. The Morgan fingerprint density at radius 2 is 2.07 bits per heavy atom. The van der Waals surface area contributed by atoms with Gasteiger partial charge in [-0.1, -0.05) is 20.8 Å². The minimum Gasteiger partial charge on any atom is -0.271 e. The van der Waals surface area contributed by atoms with Gasteiger partial charge >= 0.3 is 0 Å². The number of nitrogens with two attached hydrogens (primary N) is 1. The first-order valence-corrected chi connectivity index (χ1v) is 6.26. The zero-order chi connectivity index (χ0) is 11.5. The summed E-state index contributed by atoms with van der Waals surface area (Å²) in [5.41, 5.74) is 3.29. The van der Waals surface area contributed by atoms with Crippen molar-refractivity contribution in [3.05, 3.63) is 21.9 Å². The van der Waals surface area contributed by atoms with Crippen LogP contribution in [-0.2, 0) is 0 Å². The number of hydrazine groups is 1. The van der Waals surface area contributed by atoms with Crippen LogP contribution in [0.1, 0.15) is 49.4 Å². The summed E-state index contributed by atoms with van der Waals surface area (Å²) in [4.78, 5) is 2.69. The maximum absolute atomic E-state index is 5.60. The highest BCUT2D eigenvalue weighted by atomic mass is 32.1. The summed E-state index contributed by atoms with van der Waals surface area (Å²) in [6.45, 7) is 8.92. The van der Waals surface area contributed by atoms with Crippen LogP contribution in [0.2, 0.25) is 0 Å². The molecule has 86 valence electrons. The molecular weight excluding hydrogens is 204 g/mol. The molecule has 15 heavy (non-hydrogen) atoms. The molecule has 0 fully saturated rings. The highest BCUT2D eigenvalue weighted by molar-refractivity contribution is 7.12. The fourth-order valence-corrected chi connectivity index (χ4v) is 2.50. The molecule has 0 bridgehead atoms. The summed E-state index contributed by atoms with van der Waals surface area (Å²) in [5, 5.41) is 0. The van der Waals surface area contributed by atoms with Crippen LogP contribution in [-0.4, -0.2) is 0 Å². The minimum atomic E-state index is 0.308. The lowest BCUT2D eigenvalue weighted by molar-refractivity contribution is 0.335. The van der Waals surface area contributed by atoms with Crippen LogP contribution in [0.3, 0.4) is 0 Å². The predicted molar refractivity (Wildman–Crippen MR) is 67.8 cm³/mol. The van der Waals surface area contributed by atoms with Gasteiger partial charge in [-0.3, -0.25) is 11.3 Å². The molecule has 0 aliphatic heterocycles. The molecule has 1 aromatic heterocycles. The molecule has 0 radical (unpaired) electrons. The quantitative estimate of drug-likeness (QED) is 0.610. The van der Waals surface area contributed by atoms with Gasteiger partial charge in [0, 0.05) is 9.75 Å². The van der Waals surface area contributed by atoms with Gasteiger partial charge in [-0.15, -0.1) is 11.3 Å². The number of thiophene rings is 1. The zero-order valence-electron chi connectivity index (χ0n) is 10.1. The van der Waals surface area contributed by atoms with E-state index in [1.807, 2.05) is 11.3 Å². The van der Waals surface area contributed by atoms with E-state index in [1.54, 1.807) is 0 Å². The van der Waals surface area contributed by atoms with Crippen LogP contribution >= 0.6 is 11.3 Å². The Morgan fingerprint density at radius 1 is 1.40 bits per heavy atom. The monoisotopic (exact) mass is 226 g/mol. The Hall–Kier alpha value is -0.380.